The van der Waals surface area contributed by atoms with Crippen molar-refractivity contribution in [1.82, 2.24) is 4.98 Å². The van der Waals surface area contributed by atoms with Gasteiger partial charge in [0.2, 0.25) is 5.13 Å². The Hall–Kier alpha value is -1.73. The highest BCUT2D eigenvalue weighted by atomic mass is 79.9. The second-order valence-corrected chi connectivity index (χ2v) is 5.42. The molecule has 0 fully saturated rings. The smallest absolute Gasteiger partial charge is 0.335 e. The lowest BCUT2D eigenvalue weighted by molar-refractivity contribution is 0.0697. The van der Waals surface area contributed by atoms with Crippen molar-refractivity contribution in [2.45, 2.75) is 6.92 Å². The lowest BCUT2D eigenvalue weighted by atomic mass is 10.1. The first-order valence-electron chi connectivity index (χ1n) is 5.30. The molecule has 2 N–H and O–H groups in total. The molecule has 0 saturated carbocycles. The van der Waals surface area contributed by atoms with Crippen molar-refractivity contribution in [1.29, 1.82) is 0 Å². The van der Waals surface area contributed by atoms with Crippen LogP contribution in [0.4, 0.5) is 5.13 Å². The van der Waals surface area contributed by atoms with Gasteiger partial charge >= 0.3 is 5.97 Å². The third-order valence-electron chi connectivity index (χ3n) is 2.23. The van der Waals surface area contributed by atoms with E-state index in [1.807, 2.05) is 12.3 Å². The van der Waals surface area contributed by atoms with E-state index in [0.29, 0.717) is 10.7 Å². The summed E-state index contributed by atoms with van der Waals surface area (Å²) in [5, 5.41) is 15.6. The maximum absolute atomic E-state index is 10.9. The predicted molar refractivity (Wildman–Crippen MR) is 79.2 cm³/mol. The van der Waals surface area contributed by atoms with E-state index in [4.69, 9.17) is 5.11 Å². The third kappa shape index (κ3) is 3.62. The molecule has 98 valence electrons. The van der Waals surface area contributed by atoms with Gasteiger partial charge in [0, 0.05) is 15.4 Å². The van der Waals surface area contributed by atoms with E-state index < -0.39 is 5.97 Å². The van der Waals surface area contributed by atoms with Crippen molar-refractivity contribution >= 4 is 44.6 Å². The molecule has 0 amide bonds. The van der Waals surface area contributed by atoms with Crippen LogP contribution in [-0.4, -0.2) is 22.3 Å². The lowest BCUT2D eigenvalue weighted by Gasteiger charge is -2.00. The number of hydrogen-bond acceptors (Lipinski definition) is 5. The van der Waals surface area contributed by atoms with Gasteiger partial charge in [0.1, 0.15) is 0 Å². The zero-order valence-electron chi connectivity index (χ0n) is 9.92. The van der Waals surface area contributed by atoms with Crippen LogP contribution >= 0.6 is 27.3 Å². The highest BCUT2D eigenvalue weighted by Gasteiger charge is 2.05. The number of anilines is 1. The molecule has 0 spiro atoms. The maximum atomic E-state index is 10.9. The molecule has 0 unspecified atom stereocenters. The van der Waals surface area contributed by atoms with Crippen LogP contribution in [0.25, 0.3) is 0 Å². The van der Waals surface area contributed by atoms with Gasteiger partial charge in [-0.2, -0.15) is 5.10 Å². The summed E-state index contributed by atoms with van der Waals surface area (Å²) in [5.74, 6) is -0.967. The number of aromatic carboxylic acids is 1. The van der Waals surface area contributed by atoms with Gasteiger partial charge in [0.05, 0.1) is 17.5 Å². The number of nitrogens with zero attached hydrogens (tertiary/aromatic N) is 2. The molecule has 0 saturated heterocycles. The van der Waals surface area contributed by atoms with Crippen LogP contribution in [0.15, 0.2) is 33.2 Å². The Kier molecular flexibility index (Phi) is 4.28. The van der Waals surface area contributed by atoms with E-state index >= 15 is 0 Å². The fraction of sp³-hybridized carbons (Fsp3) is 0.0833. The topological polar surface area (TPSA) is 74.6 Å². The molecule has 1 aromatic heterocycles. The lowest BCUT2D eigenvalue weighted by Crippen LogP contribution is -1.98. The van der Waals surface area contributed by atoms with Crippen LogP contribution in [0.3, 0.4) is 0 Å². The second-order valence-electron chi connectivity index (χ2n) is 3.71. The molecule has 0 aliphatic rings. The number of halogens is 1. The van der Waals surface area contributed by atoms with Crippen LogP contribution in [0.1, 0.15) is 21.6 Å². The van der Waals surface area contributed by atoms with Crippen molar-refractivity contribution in [2.75, 3.05) is 5.43 Å². The zero-order valence-corrected chi connectivity index (χ0v) is 12.3. The molecular weight excluding hydrogens is 330 g/mol. The monoisotopic (exact) mass is 339 g/mol. The number of carbonyl (C=O) groups is 1. The Balaban J connectivity index is 2.13. The molecule has 0 aliphatic carbocycles. The number of hydrogen-bond donors (Lipinski definition) is 2. The SMILES string of the molecule is Cc1csc(NN=Cc2cc(C(=O)O)ccc2Br)n1. The summed E-state index contributed by atoms with van der Waals surface area (Å²) < 4.78 is 0.776. The van der Waals surface area contributed by atoms with Crippen molar-refractivity contribution in [3.8, 4) is 0 Å². The molecule has 7 heteroatoms. The summed E-state index contributed by atoms with van der Waals surface area (Å²) in [5.41, 5.74) is 4.62. The minimum Gasteiger partial charge on any atom is -0.478 e. The average Bonchev–Trinajstić information content (AvgIpc) is 2.77. The quantitative estimate of drug-likeness (QED) is 0.661. The van der Waals surface area contributed by atoms with Crippen LogP contribution in [0.5, 0.6) is 0 Å². The number of benzene rings is 1. The summed E-state index contributed by atoms with van der Waals surface area (Å²) in [6.07, 6.45) is 1.55. The van der Waals surface area contributed by atoms with Gasteiger partial charge in [-0.15, -0.1) is 11.3 Å². The number of nitrogens with one attached hydrogen (secondary N) is 1. The Bertz CT molecular complexity index is 640. The average molecular weight is 340 g/mol. The van der Waals surface area contributed by atoms with E-state index in [-0.39, 0.29) is 5.56 Å². The summed E-state index contributed by atoms with van der Waals surface area (Å²) >= 11 is 4.80. The molecule has 0 radical (unpaired) electrons. The number of thiazole rings is 1. The number of carboxylic acid groups (broad SMARTS) is 1. The Morgan fingerprint density at radius 3 is 3.00 bits per heavy atom. The van der Waals surface area contributed by atoms with Gasteiger partial charge in [-0.05, 0) is 25.1 Å². The van der Waals surface area contributed by atoms with Crippen molar-refractivity contribution in [2.24, 2.45) is 5.10 Å². The van der Waals surface area contributed by atoms with Crippen molar-refractivity contribution in [3.63, 3.8) is 0 Å². The van der Waals surface area contributed by atoms with Crippen LogP contribution in [-0.2, 0) is 0 Å². The first kappa shape index (κ1) is 13.7. The number of aryl methyl sites for hydroxylation is 1. The van der Waals surface area contributed by atoms with Crippen LogP contribution < -0.4 is 5.43 Å². The minimum absolute atomic E-state index is 0.217. The van der Waals surface area contributed by atoms with E-state index in [9.17, 15) is 4.79 Å². The number of rotatable bonds is 4. The highest BCUT2D eigenvalue weighted by Crippen LogP contribution is 2.17. The fourth-order valence-corrected chi connectivity index (χ4v) is 2.32. The van der Waals surface area contributed by atoms with Crippen molar-refractivity contribution < 1.29 is 9.90 Å². The van der Waals surface area contributed by atoms with E-state index in [2.05, 4.69) is 31.4 Å². The molecular formula is C12H10BrN3O2S. The van der Waals surface area contributed by atoms with Crippen LogP contribution in [0, 0.1) is 6.92 Å². The Morgan fingerprint density at radius 2 is 2.37 bits per heavy atom. The van der Waals surface area contributed by atoms with Gasteiger partial charge in [0.15, 0.2) is 0 Å². The van der Waals surface area contributed by atoms with E-state index in [0.717, 1.165) is 10.2 Å². The summed E-state index contributed by atoms with van der Waals surface area (Å²) in [4.78, 5) is 15.1. The molecule has 0 aliphatic heterocycles. The molecule has 1 aromatic carbocycles. The van der Waals surface area contributed by atoms with Gasteiger partial charge in [0.25, 0.3) is 0 Å². The molecule has 0 atom stereocenters. The Morgan fingerprint density at radius 1 is 1.58 bits per heavy atom. The first-order valence-corrected chi connectivity index (χ1v) is 6.97. The maximum Gasteiger partial charge on any atom is 0.335 e. The van der Waals surface area contributed by atoms with Gasteiger partial charge in [-0.25, -0.2) is 9.78 Å². The summed E-state index contributed by atoms with van der Waals surface area (Å²) in [6, 6.07) is 4.75. The van der Waals surface area contributed by atoms with Gasteiger partial charge < -0.3 is 5.11 Å². The molecule has 5 nitrogen and oxygen atoms in total. The van der Waals surface area contributed by atoms with Gasteiger partial charge in [-0.3, -0.25) is 5.43 Å². The largest absolute Gasteiger partial charge is 0.478 e. The van der Waals surface area contributed by atoms with Crippen molar-refractivity contribution in [3.05, 3.63) is 44.9 Å². The number of carboxylic acids is 1. The zero-order chi connectivity index (χ0) is 13.8. The molecule has 0 bridgehead atoms. The molecule has 2 aromatic rings. The standard InChI is InChI=1S/C12H10BrN3O2S/c1-7-6-19-12(15-7)16-14-5-9-4-8(11(17)18)2-3-10(9)13/h2-6H,1H3,(H,15,16)(H,17,18). The fourth-order valence-electron chi connectivity index (χ4n) is 1.34. The third-order valence-corrected chi connectivity index (χ3v) is 3.81. The predicted octanol–water partition coefficient (Wildman–Crippen LogP) is 3.36. The minimum atomic E-state index is -0.967. The Labute approximate surface area is 122 Å². The number of hydrazone groups is 1. The van der Waals surface area contributed by atoms with Gasteiger partial charge in [-0.1, -0.05) is 15.9 Å². The summed E-state index contributed by atoms with van der Waals surface area (Å²) in [7, 11) is 0. The molecule has 2 rings (SSSR count). The van der Waals surface area contributed by atoms with E-state index in [1.165, 1.54) is 17.4 Å². The first-order chi connectivity index (χ1) is 9.06. The molecule has 1 heterocycles. The van der Waals surface area contributed by atoms with Crippen LogP contribution in [0.2, 0.25) is 0 Å². The highest BCUT2D eigenvalue weighted by molar-refractivity contribution is 9.10. The summed E-state index contributed by atoms with van der Waals surface area (Å²) in [6.45, 7) is 1.90. The second kappa shape index (κ2) is 5.94. The number of aromatic nitrogens is 1. The molecule has 19 heavy (non-hydrogen) atoms. The van der Waals surface area contributed by atoms with E-state index in [1.54, 1.807) is 18.3 Å². The normalized spacial score (nSPS) is 10.8.